The Morgan fingerprint density at radius 3 is 2.44 bits per heavy atom. The number of rotatable bonds is 2. The van der Waals surface area contributed by atoms with Crippen LogP contribution in [0.3, 0.4) is 0 Å². The lowest BCUT2D eigenvalue weighted by Crippen LogP contribution is -2.41. The third-order valence-electron chi connectivity index (χ3n) is 4.31. The molecule has 0 unspecified atom stereocenters. The number of hydrazine groups is 1. The summed E-state index contributed by atoms with van der Waals surface area (Å²) in [7, 11) is 0. The molecular weight excluding hydrogens is 332 g/mol. The van der Waals surface area contributed by atoms with E-state index in [1.807, 2.05) is 37.3 Å². The fourth-order valence-electron chi connectivity index (χ4n) is 3.09. The van der Waals surface area contributed by atoms with Crippen LogP contribution in [-0.2, 0) is 6.42 Å². The highest BCUT2D eigenvalue weighted by Crippen LogP contribution is 2.36. The maximum atomic E-state index is 12.3. The summed E-state index contributed by atoms with van der Waals surface area (Å²) < 4.78 is 0. The normalized spacial score (nSPS) is 11.6. The van der Waals surface area contributed by atoms with Crippen LogP contribution in [0.5, 0.6) is 0 Å². The number of carbonyl (C=O) groups is 2. The first kappa shape index (κ1) is 15.6. The number of fused-ring (bicyclic) bond motifs is 3. The third-order valence-corrected chi connectivity index (χ3v) is 5.31. The summed E-state index contributed by atoms with van der Waals surface area (Å²) in [4.78, 5) is 26.0. The van der Waals surface area contributed by atoms with Gasteiger partial charge in [0, 0.05) is 10.4 Å². The molecule has 124 valence electrons. The van der Waals surface area contributed by atoms with Crippen molar-refractivity contribution in [2.75, 3.05) is 0 Å². The van der Waals surface area contributed by atoms with E-state index in [4.69, 9.17) is 0 Å². The fraction of sp³-hybridized carbons (Fsp3) is 0.100. The van der Waals surface area contributed by atoms with E-state index in [1.165, 1.54) is 28.0 Å². The highest BCUT2D eigenvalue weighted by atomic mass is 32.1. The molecule has 0 bridgehead atoms. The van der Waals surface area contributed by atoms with Gasteiger partial charge in [-0.1, -0.05) is 30.3 Å². The SMILES string of the molecule is Cc1ccc(C(=O)NNC(=O)c2ccc3c(c2)Cc2ccccc2-3)s1. The summed E-state index contributed by atoms with van der Waals surface area (Å²) >= 11 is 1.39. The summed E-state index contributed by atoms with van der Waals surface area (Å²) in [5, 5.41) is 0. The summed E-state index contributed by atoms with van der Waals surface area (Å²) in [5.41, 5.74) is 10.3. The molecule has 0 saturated heterocycles. The van der Waals surface area contributed by atoms with E-state index in [9.17, 15) is 9.59 Å². The smallest absolute Gasteiger partial charge is 0.267 e. The van der Waals surface area contributed by atoms with E-state index in [0.717, 1.165) is 16.9 Å². The van der Waals surface area contributed by atoms with Crippen molar-refractivity contribution in [2.45, 2.75) is 13.3 Å². The number of carbonyl (C=O) groups excluding carboxylic acids is 2. The molecule has 0 aliphatic heterocycles. The quantitative estimate of drug-likeness (QED) is 0.543. The van der Waals surface area contributed by atoms with Crippen molar-refractivity contribution >= 4 is 23.2 Å². The molecule has 3 aromatic rings. The van der Waals surface area contributed by atoms with E-state index in [-0.39, 0.29) is 11.8 Å². The van der Waals surface area contributed by atoms with Crippen LogP contribution in [0.25, 0.3) is 11.1 Å². The first-order chi connectivity index (χ1) is 12.1. The van der Waals surface area contributed by atoms with Crippen LogP contribution in [0.2, 0.25) is 0 Å². The Hall–Kier alpha value is -2.92. The van der Waals surface area contributed by atoms with Crippen LogP contribution in [0.15, 0.2) is 54.6 Å². The van der Waals surface area contributed by atoms with Gasteiger partial charge >= 0.3 is 0 Å². The molecule has 4 rings (SSSR count). The van der Waals surface area contributed by atoms with Gasteiger partial charge in [-0.2, -0.15) is 0 Å². The molecule has 0 radical (unpaired) electrons. The van der Waals surface area contributed by atoms with Crippen molar-refractivity contribution in [3.63, 3.8) is 0 Å². The van der Waals surface area contributed by atoms with Gasteiger partial charge in [0.2, 0.25) is 0 Å². The molecule has 1 heterocycles. The molecule has 0 atom stereocenters. The minimum absolute atomic E-state index is 0.306. The summed E-state index contributed by atoms with van der Waals surface area (Å²) in [6.45, 7) is 1.93. The number of hydrogen-bond donors (Lipinski definition) is 2. The van der Waals surface area contributed by atoms with Gasteiger partial charge in [0.05, 0.1) is 4.88 Å². The van der Waals surface area contributed by atoms with Gasteiger partial charge < -0.3 is 0 Å². The number of nitrogens with one attached hydrogen (secondary N) is 2. The van der Waals surface area contributed by atoms with Crippen LogP contribution < -0.4 is 10.9 Å². The average Bonchev–Trinajstić information content (AvgIpc) is 3.22. The van der Waals surface area contributed by atoms with Gasteiger partial charge in [0.1, 0.15) is 0 Å². The molecule has 0 fully saturated rings. The Balaban J connectivity index is 1.47. The molecule has 1 aliphatic carbocycles. The molecular formula is C20H16N2O2S. The highest BCUT2D eigenvalue weighted by Gasteiger charge is 2.19. The van der Waals surface area contributed by atoms with Crippen molar-refractivity contribution in [1.82, 2.24) is 10.9 Å². The van der Waals surface area contributed by atoms with Gasteiger partial charge in [-0.25, -0.2) is 0 Å². The van der Waals surface area contributed by atoms with E-state index in [1.54, 1.807) is 12.1 Å². The van der Waals surface area contributed by atoms with E-state index < -0.39 is 0 Å². The summed E-state index contributed by atoms with van der Waals surface area (Å²) in [5.74, 6) is -0.625. The molecule has 2 N–H and O–H groups in total. The largest absolute Gasteiger partial charge is 0.279 e. The molecule has 5 heteroatoms. The fourth-order valence-corrected chi connectivity index (χ4v) is 3.85. The number of benzene rings is 2. The van der Waals surface area contributed by atoms with Crippen molar-refractivity contribution in [3.05, 3.63) is 81.0 Å². The van der Waals surface area contributed by atoms with Crippen molar-refractivity contribution < 1.29 is 9.59 Å². The van der Waals surface area contributed by atoms with Crippen LogP contribution in [0.4, 0.5) is 0 Å². The van der Waals surface area contributed by atoms with Crippen LogP contribution in [-0.4, -0.2) is 11.8 Å². The molecule has 4 nitrogen and oxygen atoms in total. The van der Waals surface area contributed by atoms with Gasteiger partial charge in [-0.05, 0) is 59.9 Å². The number of amides is 2. The Labute approximate surface area is 149 Å². The molecule has 0 spiro atoms. The van der Waals surface area contributed by atoms with Crippen molar-refractivity contribution in [1.29, 1.82) is 0 Å². The zero-order chi connectivity index (χ0) is 17.4. The predicted molar refractivity (Wildman–Crippen MR) is 98.7 cm³/mol. The van der Waals surface area contributed by atoms with Gasteiger partial charge in [-0.15, -0.1) is 11.3 Å². The Bertz CT molecular complexity index is 991. The zero-order valence-electron chi connectivity index (χ0n) is 13.6. The summed E-state index contributed by atoms with van der Waals surface area (Å²) in [6, 6.07) is 17.5. The molecule has 2 amide bonds. The number of hydrogen-bond acceptors (Lipinski definition) is 3. The van der Waals surface area contributed by atoms with Gasteiger partial charge in [0.15, 0.2) is 0 Å². The summed E-state index contributed by atoms with van der Waals surface area (Å²) in [6.07, 6.45) is 0.827. The second-order valence-electron chi connectivity index (χ2n) is 6.02. The zero-order valence-corrected chi connectivity index (χ0v) is 14.4. The molecule has 25 heavy (non-hydrogen) atoms. The maximum absolute atomic E-state index is 12.3. The Morgan fingerprint density at radius 2 is 1.64 bits per heavy atom. The predicted octanol–water partition coefficient (Wildman–Crippen LogP) is 3.70. The highest BCUT2D eigenvalue weighted by molar-refractivity contribution is 7.13. The minimum Gasteiger partial charge on any atom is -0.267 e. The average molecular weight is 348 g/mol. The van der Waals surface area contributed by atoms with Crippen LogP contribution >= 0.6 is 11.3 Å². The first-order valence-corrected chi connectivity index (χ1v) is 8.82. The monoisotopic (exact) mass is 348 g/mol. The topological polar surface area (TPSA) is 58.2 Å². The van der Waals surface area contributed by atoms with Gasteiger partial charge in [-0.3, -0.25) is 20.4 Å². The molecule has 1 aromatic heterocycles. The third kappa shape index (κ3) is 2.94. The van der Waals surface area contributed by atoms with Crippen LogP contribution in [0.1, 0.15) is 36.0 Å². The minimum atomic E-state index is -0.319. The van der Waals surface area contributed by atoms with Crippen LogP contribution in [0, 0.1) is 6.92 Å². The lowest BCUT2D eigenvalue weighted by Gasteiger charge is -2.08. The number of thiophene rings is 1. The van der Waals surface area contributed by atoms with Crippen molar-refractivity contribution in [2.24, 2.45) is 0 Å². The molecule has 2 aromatic carbocycles. The Morgan fingerprint density at radius 1 is 0.880 bits per heavy atom. The van der Waals surface area contributed by atoms with E-state index in [2.05, 4.69) is 23.0 Å². The lowest BCUT2D eigenvalue weighted by molar-refractivity contribution is 0.0849. The standard InChI is InChI=1S/C20H16N2O2S/c1-12-6-9-18(25-12)20(24)22-21-19(23)14-7-8-17-15(11-14)10-13-4-2-3-5-16(13)17/h2-9,11H,10H2,1H3,(H,21,23)(H,22,24). The van der Waals surface area contributed by atoms with Gasteiger partial charge in [0.25, 0.3) is 11.8 Å². The van der Waals surface area contributed by atoms with E-state index in [0.29, 0.717) is 10.4 Å². The molecule has 0 saturated carbocycles. The first-order valence-electron chi connectivity index (χ1n) is 8.00. The van der Waals surface area contributed by atoms with E-state index >= 15 is 0 Å². The van der Waals surface area contributed by atoms with Crippen molar-refractivity contribution in [3.8, 4) is 11.1 Å². The molecule has 1 aliphatic rings. The Kier molecular flexibility index (Phi) is 3.86. The second kappa shape index (κ2) is 6.18. The maximum Gasteiger partial charge on any atom is 0.279 e. The number of aryl methyl sites for hydroxylation is 1. The second-order valence-corrected chi connectivity index (χ2v) is 7.31. The lowest BCUT2D eigenvalue weighted by atomic mass is 10.0.